The fourth-order valence-electron chi connectivity index (χ4n) is 2.90. The number of rotatable bonds is 7. The summed E-state index contributed by atoms with van der Waals surface area (Å²) in [5, 5.41) is 12.1. The highest BCUT2D eigenvalue weighted by Crippen LogP contribution is 2.23. The number of sulfonamides is 1. The monoisotopic (exact) mass is 369 g/mol. The molecule has 0 bridgehead atoms. The van der Waals surface area contributed by atoms with E-state index in [0.717, 1.165) is 10.9 Å². The van der Waals surface area contributed by atoms with Crippen molar-refractivity contribution in [2.24, 2.45) is 0 Å². The summed E-state index contributed by atoms with van der Waals surface area (Å²) >= 11 is 0. The Morgan fingerprint density at radius 3 is 2.35 bits per heavy atom. The Morgan fingerprint density at radius 1 is 0.923 bits per heavy atom. The Kier molecular flexibility index (Phi) is 5.41. The maximum absolute atomic E-state index is 12.7. The van der Waals surface area contributed by atoms with Crippen molar-refractivity contribution in [3.63, 3.8) is 0 Å². The summed E-state index contributed by atoms with van der Waals surface area (Å²) < 4.78 is 28.1. The van der Waals surface area contributed by atoms with Crippen LogP contribution in [0.4, 0.5) is 0 Å². The minimum Gasteiger partial charge on any atom is -0.389 e. The Bertz CT molecular complexity index is 977. The average molecular weight is 369 g/mol. The van der Waals surface area contributed by atoms with Crippen LogP contribution in [0.3, 0.4) is 0 Å². The highest BCUT2D eigenvalue weighted by Gasteiger charge is 2.25. The molecule has 0 aromatic heterocycles. The van der Waals surface area contributed by atoms with Crippen LogP contribution in [0.2, 0.25) is 0 Å². The van der Waals surface area contributed by atoms with Gasteiger partial charge in [-0.25, -0.2) is 13.1 Å². The third kappa shape index (κ3) is 4.49. The molecular formula is C21H23NO3S. The standard InChI is InChI=1S/C21H23NO3S/c1-21(23,15-14-17-8-3-2-4-9-17)16-22-26(24,25)20-13-7-11-18-10-5-6-12-19(18)20/h2-13,22-23H,14-16H2,1H3. The molecule has 0 radical (unpaired) electrons. The maximum Gasteiger partial charge on any atom is 0.241 e. The lowest BCUT2D eigenvalue weighted by Crippen LogP contribution is -2.41. The molecule has 26 heavy (non-hydrogen) atoms. The van der Waals surface area contributed by atoms with Gasteiger partial charge >= 0.3 is 0 Å². The van der Waals surface area contributed by atoms with Crippen molar-refractivity contribution in [3.8, 4) is 0 Å². The Hall–Kier alpha value is -2.21. The van der Waals surface area contributed by atoms with Crippen molar-refractivity contribution in [1.82, 2.24) is 4.72 Å². The molecule has 0 saturated heterocycles. The summed E-state index contributed by atoms with van der Waals surface area (Å²) in [6.45, 7) is 1.62. The molecule has 4 nitrogen and oxygen atoms in total. The van der Waals surface area contributed by atoms with Crippen LogP contribution in [0, 0.1) is 0 Å². The third-order valence-corrected chi connectivity index (χ3v) is 5.94. The fraction of sp³-hybridized carbons (Fsp3) is 0.238. The first-order chi connectivity index (χ1) is 12.4. The van der Waals surface area contributed by atoms with Gasteiger partial charge in [-0.2, -0.15) is 0 Å². The van der Waals surface area contributed by atoms with E-state index in [1.807, 2.05) is 54.6 Å². The van der Waals surface area contributed by atoms with Crippen molar-refractivity contribution < 1.29 is 13.5 Å². The van der Waals surface area contributed by atoms with Crippen LogP contribution < -0.4 is 4.72 Å². The normalized spacial score (nSPS) is 14.2. The summed E-state index contributed by atoms with van der Waals surface area (Å²) in [5.74, 6) is 0. The van der Waals surface area contributed by atoms with E-state index in [2.05, 4.69) is 4.72 Å². The second-order valence-corrected chi connectivity index (χ2v) is 8.52. The zero-order valence-corrected chi connectivity index (χ0v) is 15.5. The lowest BCUT2D eigenvalue weighted by molar-refractivity contribution is 0.0565. The minimum atomic E-state index is -3.71. The molecule has 0 amide bonds. The number of hydrogen-bond acceptors (Lipinski definition) is 3. The van der Waals surface area contributed by atoms with Crippen LogP contribution in [0.25, 0.3) is 10.8 Å². The molecule has 1 atom stereocenters. The number of fused-ring (bicyclic) bond motifs is 1. The fourth-order valence-corrected chi connectivity index (χ4v) is 4.29. The lowest BCUT2D eigenvalue weighted by atomic mass is 9.97. The van der Waals surface area contributed by atoms with Gasteiger partial charge in [0, 0.05) is 11.9 Å². The van der Waals surface area contributed by atoms with E-state index in [1.165, 1.54) is 0 Å². The molecule has 3 aromatic rings. The second-order valence-electron chi connectivity index (χ2n) is 6.78. The van der Waals surface area contributed by atoms with Gasteiger partial charge in [0.25, 0.3) is 0 Å². The van der Waals surface area contributed by atoms with Crippen molar-refractivity contribution in [1.29, 1.82) is 0 Å². The second kappa shape index (κ2) is 7.58. The molecule has 5 heteroatoms. The van der Waals surface area contributed by atoms with Crippen LogP contribution in [0.5, 0.6) is 0 Å². The van der Waals surface area contributed by atoms with Gasteiger partial charge in [-0.15, -0.1) is 0 Å². The summed E-state index contributed by atoms with van der Waals surface area (Å²) in [7, 11) is -3.71. The molecule has 136 valence electrons. The highest BCUT2D eigenvalue weighted by molar-refractivity contribution is 7.89. The molecule has 0 saturated carbocycles. The van der Waals surface area contributed by atoms with Crippen LogP contribution in [0.1, 0.15) is 18.9 Å². The van der Waals surface area contributed by atoms with E-state index in [1.54, 1.807) is 25.1 Å². The Labute approximate surface area is 154 Å². The topological polar surface area (TPSA) is 66.4 Å². The van der Waals surface area contributed by atoms with Gasteiger partial charge in [-0.1, -0.05) is 66.7 Å². The SMILES string of the molecule is CC(O)(CCc1ccccc1)CNS(=O)(=O)c1cccc2ccccc12. The van der Waals surface area contributed by atoms with Crippen LogP contribution in [0.15, 0.2) is 77.7 Å². The molecule has 0 heterocycles. The summed E-state index contributed by atoms with van der Waals surface area (Å²) in [6.07, 6.45) is 1.15. The molecule has 0 fully saturated rings. The highest BCUT2D eigenvalue weighted by atomic mass is 32.2. The summed E-state index contributed by atoms with van der Waals surface area (Å²) in [4.78, 5) is 0.231. The molecule has 3 rings (SSSR count). The van der Waals surface area contributed by atoms with E-state index >= 15 is 0 Å². The van der Waals surface area contributed by atoms with E-state index < -0.39 is 15.6 Å². The summed E-state index contributed by atoms with van der Waals surface area (Å²) in [6, 6.07) is 22.4. The predicted octanol–water partition coefficient (Wildman–Crippen LogP) is 3.50. The van der Waals surface area contributed by atoms with Gasteiger partial charge in [0.15, 0.2) is 0 Å². The molecule has 2 N–H and O–H groups in total. The summed E-state index contributed by atoms with van der Waals surface area (Å²) in [5.41, 5.74) is -0.0160. The Balaban J connectivity index is 1.71. The smallest absolute Gasteiger partial charge is 0.241 e. The van der Waals surface area contributed by atoms with Gasteiger partial charge in [0.2, 0.25) is 10.0 Å². The first-order valence-electron chi connectivity index (χ1n) is 8.61. The lowest BCUT2D eigenvalue weighted by Gasteiger charge is -2.24. The molecule has 0 aliphatic carbocycles. The van der Waals surface area contributed by atoms with E-state index in [-0.39, 0.29) is 11.4 Å². The van der Waals surface area contributed by atoms with Crippen LogP contribution in [-0.2, 0) is 16.4 Å². The molecule has 0 aliphatic heterocycles. The van der Waals surface area contributed by atoms with Crippen molar-refractivity contribution in [3.05, 3.63) is 78.4 Å². The van der Waals surface area contributed by atoms with Gasteiger partial charge in [-0.05, 0) is 36.8 Å². The average Bonchev–Trinajstić information content (AvgIpc) is 2.65. The third-order valence-electron chi connectivity index (χ3n) is 4.48. The van der Waals surface area contributed by atoms with Crippen molar-refractivity contribution in [2.75, 3.05) is 6.54 Å². The molecular weight excluding hydrogens is 346 g/mol. The van der Waals surface area contributed by atoms with Crippen molar-refractivity contribution >= 4 is 20.8 Å². The maximum atomic E-state index is 12.7. The number of nitrogens with one attached hydrogen (secondary N) is 1. The van der Waals surface area contributed by atoms with Gasteiger partial charge in [0.1, 0.15) is 0 Å². The number of aliphatic hydroxyl groups is 1. The van der Waals surface area contributed by atoms with Gasteiger partial charge in [0.05, 0.1) is 10.5 Å². The number of benzene rings is 3. The zero-order valence-electron chi connectivity index (χ0n) is 14.7. The first kappa shape index (κ1) is 18.6. The quantitative estimate of drug-likeness (QED) is 0.670. The number of aryl methyl sites for hydroxylation is 1. The predicted molar refractivity (Wildman–Crippen MR) is 105 cm³/mol. The molecule has 3 aromatic carbocycles. The Morgan fingerprint density at radius 2 is 1.58 bits per heavy atom. The molecule has 0 spiro atoms. The first-order valence-corrected chi connectivity index (χ1v) is 10.1. The van der Waals surface area contributed by atoms with Crippen LogP contribution >= 0.6 is 0 Å². The minimum absolute atomic E-state index is 0.0363. The van der Waals surface area contributed by atoms with E-state index in [4.69, 9.17) is 0 Å². The molecule has 0 aliphatic rings. The van der Waals surface area contributed by atoms with Gasteiger partial charge < -0.3 is 5.11 Å². The van der Waals surface area contributed by atoms with Gasteiger partial charge in [-0.3, -0.25) is 0 Å². The zero-order chi connectivity index (χ0) is 18.6. The van der Waals surface area contributed by atoms with E-state index in [9.17, 15) is 13.5 Å². The van der Waals surface area contributed by atoms with Crippen LogP contribution in [-0.4, -0.2) is 25.7 Å². The van der Waals surface area contributed by atoms with E-state index in [0.29, 0.717) is 18.2 Å². The van der Waals surface area contributed by atoms with Crippen molar-refractivity contribution in [2.45, 2.75) is 30.3 Å². The largest absolute Gasteiger partial charge is 0.389 e. The molecule has 1 unspecified atom stereocenters. The number of hydrogen-bond donors (Lipinski definition) is 2.